The zero-order chi connectivity index (χ0) is 13.7. The first kappa shape index (κ1) is 13.5. The first-order chi connectivity index (χ1) is 9.13. The molecule has 0 saturated heterocycles. The van der Waals surface area contributed by atoms with E-state index in [4.69, 9.17) is 4.74 Å². The lowest BCUT2D eigenvalue weighted by atomic mass is 10.3. The minimum atomic E-state index is -0.266. The van der Waals surface area contributed by atoms with E-state index in [0.717, 1.165) is 10.2 Å². The molecule has 19 heavy (non-hydrogen) atoms. The fourth-order valence-electron chi connectivity index (χ4n) is 1.41. The number of hydrogen-bond acceptors (Lipinski definition) is 4. The van der Waals surface area contributed by atoms with E-state index in [1.54, 1.807) is 18.2 Å². The summed E-state index contributed by atoms with van der Waals surface area (Å²) in [5.41, 5.74) is 0.790. The molecule has 98 valence electrons. The van der Waals surface area contributed by atoms with Gasteiger partial charge in [0.25, 0.3) is 5.91 Å². The number of amides is 1. The van der Waals surface area contributed by atoms with Gasteiger partial charge < -0.3 is 10.1 Å². The maximum Gasteiger partial charge on any atom is 0.263 e. The van der Waals surface area contributed by atoms with Crippen molar-refractivity contribution < 1.29 is 9.53 Å². The number of nitrogens with zero attached hydrogens (tertiary/aromatic N) is 2. The van der Waals surface area contributed by atoms with Crippen LogP contribution in [0.5, 0.6) is 5.75 Å². The van der Waals surface area contributed by atoms with Gasteiger partial charge in [-0.05, 0) is 25.1 Å². The quantitative estimate of drug-likeness (QED) is 0.940. The summed E-state index contributed by atoms with van der Waals surface area (Å²) in [6, 6.07) is 8.99. The maximum absolute atomic E-state index is 11.7. The Morgan fingerprint density at radius 3 is 2.95 bits per heavy atom. The van der Waals surface area contributed by atoms with Crippen molar-refractivity contribution in [2.24, 2.45) is 0 Å². The van der Waals surface area contributed by atoms with E-state index in [9.17, 15) is 4.79 Å². The van der Waals surface area contributed by atoms with E-state index >= 15 is 0 Å². The number of halogens is 1. The van der Waals surface area contributed by atoms with Crippen molar-refractivity contribution >= 4 is 27.7 Å². The summed E-state index contributed by atoms with van der Waals surface area (Å²) in [4.78, 5) is 19.6. The molecule has 0 saturated carbocycles. The van der Waals surface area contributed by atoms with Crippen LogP contribution in [0.3, 0.4) is 0 Å². The summed E-state index contributed by atoms with van der Waals surface area (Å²) in [6.45, 7) is 1.76. The molecule has 1 aromatic carbocycles. The van der Waals surface area contributed by atoms with Crippen LogP contribution in [0.15, 0.2) is 41.1 Å². The highest BCUT2D eigenvalue weighted by Crippen LogP contribution is 2.17. The predicted octanol–water partition coefficient (Wildman–Crippen LogP) is 2.57. The molecule has 1 amide bonds. The van der Waals surface area contributed by atoms with Gasteiger partial charge in [-0.3, -0.25) is 4.79 Å². The Bertz CT molecular complexity index is 590. The molecule has 0 aliphatic heterocycles. The first-order valence-electron chi connectivity index (χ1n) is 5.60. The van der Waals surface area contributed by atoms with Gasteiger partial charge in [0.1, 0.15) is 17.9 Å². The SMILES string of the molecule is Cc1cc(NC(=O)COc2cccc(Br)c2)ncn1. The normalized spacial score (nSPS) is 10.0. The lowest BCUT2D eigenvalue weighted by Crippen LogP contribution is -2.20. The number of nitrogens with one attached hydrogen (secondary N) is 1. The number of carbonyl (C=O) groups excluding carboxylic acids is 1. The number of aryl methyl sites for hydroxylation is 1. The summed E-state index contributed by atoms with van der Waals surface area (Å²) in [6.07, 6.45) is 1.40. The molecular weight excluding hydrogens is 310 g/mol. The number of anilines is 1. The van der Waals surface area contributed by atoms with Crippen molar-refractivity contribution in [3.8, 4) is 5.75 Å². The average molecular weight is 322 g/mol. The molecule has 6 heteroatoms. The Kier molecular flexibility index (Phi) is 4.46. The molecule has 0 aliphatic rings. The topological polar surface area (TPSA) is 64.1 Å². The van der Waals surface area contributed by atoms with Crippen molar-refractivity contribution in [3.05, 3.63) is 46.8 Å². The van der Waals surface area contributed by atoms with Gasteiger partial charge in [0, 0.05) is 16.2 Å². The third-order valence-corrected chi connectivity index (χ3v) is 2.73. The highest BCUT2D eigenvalue weighted by Gasteiger charge is 2.05. The van der Waals surface area contributed by atoms with Crippen LogP contribution >= 0.6 is 15.9 Å². The molecule has 2 aromatic rings. The van der Waals surface area contributed by atoms with Crippen LogP contribution in [0.25, 0.3) is 0 Å². The molecule has 1 aromatic heterocycles. The van der Waals surface area contributed by atoms with E-state index in [1.165, 1.54) is 6.33 Å². The Morgan fingerprint density at radius 1 is 1.37 bits per heavy atom. The van der Waals surface area contributed by atoms with Crippen molar-refractivity contribution in [1.82, 2.24) is 9.97 Å². The van der Waals surface area contributed by atoms with Crippen molar-refractivity contribution in [3.63, 3.8) is 0 Å². The van der Waals surface area contributed by atoms with Gasteiger partial charge >= 0.3 is 0 Å². The third kappa shape index (κ3) is 4.33. The third-order valence-electron chi connectivity index (χ3n) is 2.24. The highest BCUT2D eigenvalue weighted by molar-refractivity contribution is 9.10. The Morgan fingerprint density at radius 2 is 2.21 bits per heavy atom. The first-order valence-corrected chi connectivity index (χ1v) is 6.39. The van der Waals surface area contributed by atoms with Crippen LogP contribution in [0.2, 0.25) is 0 Å². The van der Waals surface area contributed by atoms with Gasteiger partial charge in [0.15, 0.2) is 6.61 Å². The number of benzene rings is 1. The fourth-order valence-corrected chi connectivity index (χ4v) is 1.79. The minimum Gasteiger partial charge on any atom is -0.484 e. The van der Waals surface area contributed by atoms with Crippen LogP contribution in [-0.4, -0.2) is 22.5 Å². The molecule has 1 N–H and O–H groups in total. The molecule has 5 nitrogen and oxygen atoms in total. The molecule has 0 spiro atoms. The van der Waals surface area contributed by atoms with Gasteiger partial charge in [0.05, 0.1) is 0 Å². The summed E-state index contributed by atoms with van der Waals surface area (Å²) >= 11 is 3.33. The fraction of sp³-hybridized carbons (Fsp3) is 0.154. The molecule has 1 heterocycles. The summed E-state index contributed by atoms with van der Waals surface area (Å²) in [7, 11) is 0. The van der Waals surface area contributed by atoms with E-state index in [2.05, 4.69) is 31.2 Å². The van der Waals surface area contributed by atoms with Gasteiger partial charge in [-0.15, -0.1) is 0 Å². The smallest absolute Gasteiger partial charge is 0.263 e. The molecule has 0 bridgehead atoms. The second kappa shape index (κ2) is 6.29. The summed E-state index contributed by atoms with van der Waals surface area (Å²) in [5, 5.41) is 2.64. The van der Waals surface area contributed by atoms with Crippen LogP contribution in [0.1, 0.15) is 5.69 Å². The number of hydrogen-bond donors (Lipinski definition) is 1. The van der Waals surface area contributed by atoms with Crippen LogP contribution in [0, 0.1) is 6.92 Å². The largest absolute Gasteiger partial charge is 0.484 e. The van der Waals surface area contributed by atoms with Crippen LogP contribution in [0.4, 0.5) is 5.82 Å². The molecule has 0 aliphatic carbocycles. The van der Waals surface area contributed by atoms with Gasteiger partial charge in [0.2, 0.25) is 0 Å². The maximum atomic E-state index is 11.7. The zero-order valence-electron chi connectivity index (χ0n) is 10.3. The zero-order valence-corrected chi connectivity index (χ0v) is 11.8. The second-order valence-electron chi connectivity index (χ2n) is 3.84. The molecule has 0 radical (unpaired) electrons. The second-order valence-corrected chi connectivity index (χ2v) is 4.75. The van der Waals surface area contributed by atoms with E-state index in [1.807, 2.05) is 19.1 Å². The summed E-state index contributed by atoms with van der Waals surface area (Å²) in [5.74, 6) is 0.830. The number of aromatic nitrogens is 2. The molecule has 0 unspecified atom stereocenters. The molecular formula is C13H12BrN3O2. The van der Waals surface area contributed by atoms with Gasteiger partial charge in [-0.25, -0.2) is 9.97 Å². The lowest BCUT2D eigenvalue weighted by Gasteiger charge is -2.07. The number of carbonyl (C=O) groups is 1. The standard InChI is InChI=1S/C13H12BrN3O2/c1-9-5-12(16-8-15-9)17-13(18)7-19-11-4-2-3-10(14)6-11/h2-6,8H,7H2,1H3,(H,15,16,17,18). The monoisotopic (exact) mass is 321 g/mol. The number of rotatable bonds is 4. The minimum absolute atomic E-state index is 0.0699. The van der Waals surface area contributed by atoms with E-state index in [-0.39, 0.29) is 12.5 Å². The Labute approximate surface area is 119 Å². The molecule has 0 atom stereocenters. The lowest BCUT2D eigenvalue weighted by molar-refractivity contribution is -0.118. The van der Waals surface area contributed by atoms with E-state index in [0.29, 0.717) is 11.6 Å². The molecule has 0 fully saturated rings. The van der Waals surface area contributed by atoms with Gasteiger partial charge in [-0.2, -0.15) is 0 Å². The molecule has 2 rings (SSSR count). The number of ether oxygens (including phenoxy) is 1. The average Bonchev–Trinajstić information content (AvgIpc) is 2.36. The van der Waals surface area contributed by atoms with Crippen LogP contribution in [-0.2, 0) is 4.79 Å². The Balaban J connectivity index is 1.88. The van der Waals surface area contributed by atoms with Gasteiger partial charge in [-0.1, -0.05) is 22.0 Å². The van der Waals surface area contributed by atoms with E-state index < -0.39 is 0 Å². The predicted molar refractivity (Wildman–Crippen MR) is 75.0 cm³/mol. The van der Waals surface area contributed by atoms with Crippen LogP contribution < -0.4 is 10.1 Å². The summed E-state index contributed by atoms with van der Waals surface area (Å²) < 4.78 is 6.27. The van der Waals surface area contributed by atoms with Crippen molar-refractivity contribution in [1.29, 1.82) is 0 Å². The Hall–Kier alpha value is -1.95. The van der Waals surface area contributed by atoms with Crippen molar-refractivity contribution in [2.75, 3.05) is 11.9 Å². The van der Waals surface area contributed by atoms with Crippen molar-refractivity contribution in [2.45, 2.75) is 6.92 Å². The highest BCUT2D eigenvalue weighted by atomic mass is 79.9.